The number of sulfonamides is 1. The summed E-state index contributed by atoms with van der Waals surface area (Å²) in [7, 11) is -3.04. The van der Waals surface area contributed by atoms with Crippen molar-refractivity contribution in [2.45, 2.75) is 45.2 Å². The molecule has 1 fully saturated rings. The van der Waals surface area contributed by atoms with Crippen molar-refractivity contribution in [1.29, 1.82) is 0 Å². The van der Waals surface area contributed by atoms with E-state index in [2.05, 4.69) is 39.6 Å². The number of piperidine rings is 1. The maximum absolute atomic E-state index is 12.0. The summed E-state index contributed by atoms with van der Waals surface area (Å²) < 4.78 is 26.9. The quantitative estimate of drug-likeness (QED) is 0.804. The van der Waals surface area contributed by atoms with Gasteiger partial charge in [-0.15, -0.1) is 11.3 Å². The van der Waals surface area contributed by atoms with E-state index < -0.39 is 10.0 Å². The van der Waals surface area contributed by atoms with Gasteiger partial charge in [-0.2, -0.15) is 0 Å². The van der Waals surface area contributed by atoms with Gasteiger partial charge in [0.05, 0.1) is 5.75 Å². The van der Waals surface area contributed by atoms with Crippen LogP contribution in [0.1, 0.15) is 44.0 Å². The average Bonchev–Trinajstić information content (AvgIpc) is 2.85. The molecule has 1 N–H and O–H groups in total. The summed E-state index contributed by atoms with van der Waals surface area (Å²) in [4.78, 5) is 1.30. The van der Waals surface area contributed by atoms with E-state index >= 15 is 0 Å². The van der Waals surface area contributed by atoms with Crippen molar-refractivity contribution in [3.63, 3.8) is 0 Å². The van der Waals surface area contributed by atoms with E-state index in [1.54, 1.807) is 15.6 Å². The topological polar surface area (TPSA) is 49.4 Å². The lowest BCUT2D eigenvalue weighted by molar-refractivity contribution is 0.277. The number of hydrogen-bond acceptors (Lipinski definition) is 4. The fourth-order valence-electron chi connectivity index (χ4n) is 2.73. The van der Waals surface area contributed by atoms with Gasteiger partial charge in [0.2, 0.25) is 10.0 Å². The van der Waals surface area contributed by atoms with Crippen LogP contribution in [-0.4, -0.2) is 37.6 Å². The number of halogens is 1. The minimum Gasteiger partial charge on any atom is -0.307 e. The fraction of sp³-hybridized carbons (Fsp3) is 0.714. The second-order valence-corrected chi connectivity index (χ2v) is 9.40. The first-order valence-corrected chi connectivity index (χ1v) is 10.7. The van der Waals surface area contributed by atoms with Gasteiger partial charge in [0.15, 0.2) is 0 Å². The zero-order chi connectivity index (χ0) is 15.5. The van der Waals surface area contributed by atoms with E-state index in [9.17, 15) is 8.42 Å². The van der Waals surface area contributed by atoms with Crippen molar-refractivity contribution in [2.75, 3.05) is 18.8 Å². The molecule has 2 heterocycles. The first-order chi connectivity index (χ1) is 9.94. The highest BCUT2D eigenvalue weighted by atomic mass is 79.9. The smallest absolute Gasteiger partial charge is 0.214 e. The third kappa shape index (κ3) is 4.51. The molecule has 1 unspecified atom stereocenters. The molecule has 0 amide bonds. The van der Waals surface area contributed by atoms with E-state index in [1.165, 1.54) is 4.88 Å². The third-order valence-electron chi connectivity index (χ3n) is 3.83. The van der Waals surface area contributed by atoms with Crippen molar-refractivity contribution in [3.05, 3.63) is 20.8 Å². The van der Waals surface area contributed by atoms with Crippen LogP contribution < -0.4 is 5.32 Å². The van der Waals surface area contributed by atoms with E-state index in [1.807, 2.05) is 6.92 Å². The second-order valence-electron chi connectivity index (χ2n) is 5.51. The molecule has 0 bridgehead atoms. The van der Waals surface area contributed by atoms with Crippen LogP contribution >= 0.6 is 27.3 Å². The van der Waals surface area contributed by atoms with Gasteiger partial charge < -0.3 is 5.32 Å². The molecular weight excluding hydrogens is 372 g/mol. The van der Waals surface area contributed by atoms with Crippen LogP contribution in [0.5, 0.6) is 0 Å². The van der Waals surface area contributed by atoms with E-state index in [0.717, 1.165) is 17.3 Å². The van der Waals surface area contributed by atoms with Gasteiger partial charge >= 0.3 is 0 Å². The van der Waals surface area contributed by atoms with Crippen molar-refractivity contribution < 1.29 is 8.42 Å². The first kappa shape index (κ1) is 17.4. The Morgan fingerprint density at radius 1 is 1.48 bits per heavy atom. The van der Waals surface area contributed by atoms with E-state index in [-0.39, 0.29) is 5.75 Å². The van der Waals surface area contributed by atoms with Crippen LogP contribution in [0.3, 0.4) is 0 Å². The minimum absolute atomic E-state index is 0.268. The summed E-state index contributed by atoms with van der Waals surface area (Å²) in [6.07, 6.45) is 2.45. The van der Waals surface area contributed by atoms with Crippen molar-refractivity contribution >= 4 is 37.3 Å². The zero-order valence-corrected chi connectivity index (χ0v) is 15.7. The molecule has 1 aromatic heterocycles. The lowest BCUT2D eigenvalue weighted by atomic mass is 10.1. The molecule has 0 saturated carbocycles. The Bertz CT molecular complexity index is 551. The monoisotopic (exact) mass is 394 g/mol. The average molecular weight is 395 g/mol. The molecule has 7 heteroatoms. The SMILES string of the molecule is CCCS(=O)(=O)N1CCC(NC(C)c2sccc2Br)CC1. The number of thiophene rings is 1. The molecule has 0 aliphatic carbocycles. The predicted octanol–water partition coefficient (Wildman–Crippen LogP) is 3.37. The molecule has 0 aromatic carbocycles. The molecule has 1 aromatic rings. The molecule has 1 aliphatic rings. The minimum atomic E-state index is -3.04. The van der Waals surface area contributed by atoms with Gasteiger partial charge in [-0.1, -0.05) is 6.92 Å². The van der Waals surface area contributed by atoms with E-state index in [0.29, 0.717) is 31.6 Å². The van der Waals surface area contributed by atoms with Crippen LogP contribution in [0.2, 0.25) is 0 Å². The third-order valence-corrected chi connectivity index (χ3v) is 7.96. The summed E-state index contributed by atoms with van der Waals surface area (Å²) in [6.45, 7) is 5.35. The second kappa shape index (κ2) is 7.55. The molecule has 1 atom stereocenters. The van der Waals surface area contributed by atoms with Crippen molar-refractivity contribution in [2.24, 2.45) is 0 Å². The number of rotatable bonds is 6. The van der Waals surface area contributed by atoms with Crippen LogP contribution in [0, 0.1) is 0 Å². The number of nitrogens with one attached hydrogen (secondary N) is 1. The molecular formula is C14H23BrN2O2S2. The summed E-state index contributed by atoms with van der Waals surface area (Å²) >= 11 is 5.31. The van der Waals surface area contributed by atoms with E-state index in [4.69, 9.17) is 0 Å². The van der Waals surface area contributed by atoms with Crippen LogP contribution in [0.25, 0.3) is 0 Å². The fourth-order valence-corrected chi connectivity index (χ4v) is 6.01. The Hall–Kier alpha value is 0.0500. The standard InChI is InChI=1S/C14H23BrN2O2S2/c1-3-10-21(18,19)17-7-4-12(5-8-17)16-11(2)14-13(15)6-9-20-14/h6,9,11-12,16H,3-5,7-8,10H2,1-2H3. The maximum atomic E-state index is 12.0. The number of nitrogens with zero attached hydrogens (tertiary/aromatic N) is 1. The van der Waals surface area contributed by atoms with Gasteiger partial charge in [-0.05, 0) is 53.6 Å². The van der Waals surface area contributed by atoms with Crippen LogP contribution in [0.4, 0.5) is 0 Å². The highest BCUT2D eigenvalue weighted by Crippen LogP contribution is 2.29. The molecule has 1 aliphatic heterocycles. The molecule has 2 rings (SSSR count). The van der Waals surface area contributed by atoms with Crippen LogP contribution in [0.15, 0.2) is 15.9 Å². The lowest BCUT2D eigenvalue weighted by Gasteiger charge is -2.33. The Labute approximate surface area is 140 Å². The maximum Gasteiger partial charge on any atom is 0.214 e. The largest absolute Gasteiger partial charge is 0.307 e. The molecule has 0 radical (unpaired) electrons. The molecule has 21 heavy (non-hydrogen) atoms. The van der Waals surface area contributed by atoms with Crippen molar-refractivity contribution in [1.82, 2.24) is 9.62 Å². The highest BCUT2D eigenvalue weighted by molar-refractivity contribution is 9.10. The first-order valence-electron chi connectivity index (χ1n) is 7.40. The molecule has 1 saturated heterocycles. The summed E-state index contributed by atoms with van der Waals surface area (Å²) in [5, 5.41) is 5.71. The van der Waals surface area contributed by atoms with Gasteiger partial charge in [-0.25, -0.2) is 12.7 Å². The molecule has 0 spiro atoms. The Morgan fingerprint density at radius 2 is 2.14 bits per heavy atom. The van der Waals surface area contributed by atoms with Gasteiger partial charge in [0.1, 0.15) is 0 Å². The van der Waals surface area contributed by atoms with Gasteiger partial charge in [-0.3, -0.25) is 0 Å². The highest BCUT2D eigenvalue weighted by Gasteiger charge is 2.28. The van der Waals surface area contributed by atoms with Gasteiger partial charge in [0, 0.05) is 34.5 Å². The molecule has 4 nitrogen and oxygen atoms in total. The summed E-state index contributed by atoms with van der Waals surface area (Å²) in [5.74, 6) is 0.268. The Balaban J connectivity index is 1.86. The summed E-state index contributed by atoms with van der Waals surface area (Å²) in [5.41, 5.74) is 0. The Morgan fingerprint density at radius 3 is 2.67 bits per heavy atom. The lowest BCUT2D eigenvalue weighted by Crippen LogP contribution is -2.46. The predicted molar refractivity (Wildman–Crippen MR) is 92.2 cm³/mol. The number of hydrogen-bond donors (Lipinski definition) is 1. The van der Waals surface area contributed by atoms with Crippen LogP contribution in [-0.2, 0) is 10.0 Å². The van der Waals surface area contributed by atoms with Crippen molar-refractivity contribution in [3.8, 4) is 0 Å². The zero-order valence-electron chi connectivity index (χ0n) is 12.5. The normalized spacial score (nSPS) is 19.8. The Kier molecular flexibility index (Phi) is 6.25. The molecule has 120 valence electrons. The van der Waals surface area contributed by atoms with Gasteiger partial charge in [0.25, 0.3) is 0 Å². The summed E-state index contributed by atoms with van der Waals surface area (Å²) in [6, 6.07) is 2.75.